The minimum Gasteiger partial charge on any atom is -0.492 e. The Bertz CT molecular complexity index is 510. The fourth-order valence-corrected chi connectivity index (χ4v) is 2.97. The van der Waals surface area contributed by atoms with Crippen LogP contribution in [0.3, 0.4) is 0 Å². The Balaban J connectivity index is 1.71. The lowest BCUT2D eigenvalue weighted by Crippen LogP contribution is -2.37. The summed E-state index contributed by atoms with van der Waals surface area (Å²) in [5.41, 5.74) is 8.16. The SMILES string of the molecule is NC1COc2cc(N3CCC(C(=O)O)CC3)ccc2C1. The summed E-state index contributed by atoms with van der Waals surface area (Å²) < 4.78 is 5.68. The van der Waals surface area contributed by atoms with Crippen LogP contribution in [0.1, 0.15) is 18.4 Å². The summed E-state index contributed by atoms with van der Waals surface area (Å²) in [6.07, 6.45) is 2.27. The summed E-state index contributed by atoms with van der Waals surface area (Å²) in [6.45, 7) is 2.14. The first-order valence-electron chi connectivity index (χ1n) is 7.12. The Labute approximate surface area is 118 Å². The van der Waals surface area contributed by atoms with Crippen LogP contribution in [0.5, 0.6) is 5.75 Å². The first-order chi connectivity index (χ1) is 9.63. The molecule has 2 aliphatic heterocycles. The van der Waals surface area contributed by atoms with E-state index in [9.17, 15) is 4.79 Å². The lowest BCUT2D eigenvalue weighted by Gasteiger charge is -2.33. The molecule has 3 N–H and O–H groups in total. The highest BCUT2D eigenvalue weighted by molar-refractivity contribution is 5.70. The van der Waals surface area contributed by atoms with Crippen molar-refractivity contribution in [2.45, 2.75) is 25.3 Å². The summed E-state index contributed by atoms with van der Waals surface area (Å²) >= 11 is 0. The lowest BCUT2D eigenvalue weighted by atomic mass is 9.96. The number of rotatable bonds is 2. The van der Waals surface area contributed by atoms with Gasteiger partial charge in [0.05, 0.1) is 5.92 Å². The molecule has 1 aromatic carbocycles. The van der Waals surface area contributed by atoms with Gasteiger partial charge in [0.2, 0.25) is 0 Å². The Morgan fingerprint density at radius 3 is 2.80 bits per heavy atom. The third-order valence-electron chi connectivity index (χ3n) is 4.20. The Morgan fingerprint density at radius 1 is 1.35 bits per heavy atom. The zero-order valence-electron chi connectivity index (χ0n) is 11.4. The molecule has 1 atom stereocenters. The summed E-state index contributed by atoms with van der Waals surface area (Å²) in [6, 6.07) is 6.30. The van der Waals surface area contributed by atoms with E-state index in [1.54, 1.807) is 0 Å². The van der Waals surface area contributed by atoms with Crippen LogP contribution >= 0.6 is 0 Å². The van der Waals surface area contributed by atoms with E-state index in [1.165, 1.54) is 0 Å². The summed E-state index contributed by atoms with van der Waals surface area (Å²) in [5.74, 6) is 0.0510. The predicted molar refractivity (Wildman–Crippen MR) is 76.2 cm³/mol. The van der Waals surface area contributed by atoms with Crippen LogP contribution in [0.25, 0.3) is 0 Å². The van der Waals surface area contributed by atoms with Gasteiger partial charge in [-0.05, 0) is 30.9 Å². The molecule has 2 aliphatic rings. The second-order valence-corrected chi connectivity index (χ2v) is 5.67. The lowest BCUT2D eigenvalue weighted by molar-refractivity contribution is -0.142. The van der Waals surface area contributed by atoms with Crippen molar-refractivity contribution >= 4 is 11.7 Å². The molecule has 20 heavy (non-hydrogen) atoms. The molecule has 0 aliphatic carbocycles. The maximum absolute atomic E-state index is 11.0. The molecule has 1 saturated heterocycles. The van der Waals surface area contributed by atoms with Crippen molar-refractivity contribution in [2.24, 2.45) is 11.7 Å². The fourth-order valence-electron chi connectivity index (χ4n) is 2.97. The Hall–Kier alpha value is -1.75. The van der Waals surface area contributed by atoms with Gasteiger partial charge >= 0.3 is 5.97 Å². The van der Waals surface area contributed by atoms with Crippen molar-refractivity contribution in [3.63, 3.8) is 0 Å². The van der Waals surface area contributed by atoms with Gasteiger partial charge in [-0.2, -0.15) is 0 Å². The van der Waals surface area contributed by atoms with Crippen molar-refractivity contribution < 1.29 is 14.6 Å². The molecule has 5 heteroatoms. The third kappa shape index (κ3) is 2.58. The number of carboxylic acids is 1. The first-order valence-corrected chi connectivity index (χ1v) is 7.12. The number of hydrogen-bond acceptors (Lipinski definition) is 4. The normalized spacial score (nSPS) is 23.1. The van der Waals surface area contributed by atoms with Crippen LogP contribution in [-0.4, -0.2) is 36.8 Å². The predicted octanol–water partition coefficient (Wildman–Crippen LogP) is 1.25. The molecule has 0 bridgehead atoms. The molecule has 0 amide bonds. The van der Waals surface area contributed by atoms with Gasteiger partial charge in [-0.15, -0.1) is 0 Å². The van der Waals surface area contributed by atoms with Gasteiger partial charge in [0.25, 0.3) is 0 Å². The summed E-state index contributed by atoms with van der Waals surface area (Å²) in [4.78, 5) is 13.2. The summed E-state index contributed by atoms with van der Waals surface area (Å²) in [5, 5.41) is 9.03. The van der Waals surface area contributed by atoms with E-state index in [2.05, 4.69) is 23.1 Å². The van der Waals surface area contributed by atoms with Crippen LogP contribution in [-0.2, 0) is 11.2 Å². The zero-order chi connectivity index (χ0) is 14.1. The molecule has 1 aromatic rings. The number of piperidine rings is 1. The van der Waals surface area contributed by atoms with E-state index in [0.29, 0.717) is 19.4 Å². The second-order valence-electron chi connectivity index (χ2n) is 5.67. The monoisotopic (exact) mass is 276 g/mol. The number of carboxylic acid groups (broad SMARTS) is 1. The smallest absolute Gasteiger partial charge is 0.306 e. The maximum Gasteiger partial charge on any atom is 0.306 e. The van der Waals surface area contributed by atoms with Crippen molar-refractivity contribution in [3.05, 3.63) is 23.8 Å². The molecular formula is C15H20N2O3. The molecule has 0 spiro atoms. The van der Waals surface area contributed by atoms with Crippen LogP contribution in [0.15, 0.2) is 18.2 Å². The zero-order valence-corrected chi connectivity index (χ0v) is 11.4. The van der Waals surface area contributed by atoms with Crippen LogP contribution in [0, 0.1) is 5.92 Å². The van der Waals surface area contributed by atoms with Crippen LogP contribution in [0.4, 0.5) is 5.69 Å². The quantitative estimate of drug-likeness (QED) is 0.850. The van der Waals surface area contributed by atoms with Crippen molar-refractivity contribution in [1.82, 2.24) is 0 Å². The van der Waals surface area contributed by atoms with E-state index in [0.717, 1.165) is 36.5 Å². The van der Waals surface area contributed by atoms with Crippen molar-refractivity contribution in [1.29, 1.82) is 0 Å². The minimum absolute atomic E-state index is 0.0830. The minimum atomic E-state index is -0.674. The molecule has 3 rings (SSSR count). The Kier molecular flexibility index (Phi) is 3.53. The van der Waals surface area contributed by atoms with Crippen LogP contribution < -0.4 is 15.4 Å². The van der Waals surface area contributed by atoms with E-state index in [1.807, 2.05) is 0 Å². The average molecular weight is 276 g/mol. The number of ether oxygens (including phenoxy) is 1. The topological polar surface area (TPSA) is 75.8 Å². The number of aliphatic carboxylic acids is 1. The number of benzene rings is 1. The number of anilines is 1. The first kappa shape index (κ1) is 13.2. The molecule has 1 unspecified atom stereocenters. The molecule has 1 fully saturated rings. The van der Waals surface area contributed by atoms with Gasteiger partial charge in [0.1, 0.15) is 12.4 Å². The number of carbonyl (C=O) groups is 1. The van der Waals surface area contributed by atoms with Crippen molar-refractivity contribution in [2.75, 3.05) is 24.6 Å². The van der Waals surface area contributed by atoms with E-state index >= 15 is 0 Å². The average Bonchev–Trinajstić information content (AvgIpc) is 2.47. The third-order valence-corrected chi connectivity index (χ3v) is 4.20. The molecule has 0 saturated carbocycles. The molecule has 2 heterocycles. The molecule has 108 valence electrons. The molecule has 0 radical (unpaired) electrons. The highest BCUT2D eigenvalue weighted by Crippen LogP contribution is 2.31. The number of hydrogen-bond donors (Lipinski definition) is 2. The van der Waals surface area contributed by atoms with Crippen LogP contribution in [0.2, 0.25) is 0 Å². The van der Waals surface area contributed by atoms with Gasteiger partial charge in [0.15, 0.2) is 0 Å². The van der Waals surface area contributed by atoms with E-state index < -0.39 is 5.97 Å². The van der Waals surface area contributed by atoms with Gasteiger partial charge in [-0.25, -0.2) is 0 Å². The second kappa shape index (κ2) is 5.32. The van der Waals surface area contributed by atoms with Gasteiger partial charge in [0, 0.05) is 30.9 Å². The van der Waals surface area contributed by atoms with Gasteiger partial charge in [-0.3, -0.25) is 4.79 Å². The van der Waals surface area contributed by atoms with Gasteiger partial charge < -0.3 is 20.5 Å². The largest absolute Gasteiger partial charge is 0.492 e. The number of nitrogens with two attached hydrogens (primary N) is 1. The highest BCUT2D eigenvalue weighted by atomic mass is 16.5. The highest BCUT2D eigenvalue weighted by Gasteiger charge is 2.25. The van der Waals surface area contributed by atoms with Crippen molar-refractivity contribution in [3.8, 4) is 5.75 Å². The maximum atomic E-state index is 11.0. The standard InChI is InChI=1S/C15H20N2O3/c16-12-7-11-1-2-13(8-14(11)20-9-12)17-5-3-10(4-6-17)15(18)19/h1-2,8,10,12H,3-7,9,16H2,(H,18,19). The molecule has 5 nitrogen and oxygen atoms in total. The number of fused-ring (bicyclic) bond motifs is 1. The van der Waals surface area contributed by atoms with E-state index in [-0.39, 0.29) is 12.0 Å². The Morgan fingerprint density at radius 2 is 2.10 bits per heavy atom. The van der Waals surface area contributed by atoms with E-state index in [4.69, 9.17) is 15.6 Å². The molecular weight excluding hydrogens is 256 g/mol. The summed E-state index contributed by atoms with van der Waals surface area (Å²) in [7, 11) is 0. The van der Waals surface area contributed by atoms with Gasteiger partial charge in [-0.1, -0.05) is 6.07 Å². The fraction of sp³-hybridized carbons (Fsp3) is 0.533. The molecule has 0 aromatic heterocycles. The number of nitrogens with zero attached hydrogens (tertiary/aromatic N) is 1.